The molecule has 16 heavy (non-hydrogen) atoms. The number of aromatic carboxylic acids is 1. The highest BCUT2D eigenvalue weighted by Crippen LogP contribution is 2.12. The van der Waals surface area contributed by atoms with Crippen LogP contribution in [0.1, 0.15) is 16.2 Å². The Labute approximate surface area is 90.9 Å². The first-order valence-electron chi connectivity index (χ1n) is 4.64. The van der Waals surface area contributed by atoms with Crippen LogP contribution in [-0.4, -0.2) is 20.9 Å². The lowest BCUT2D eigenvalue weighted by Crippen LogP contribution is -2.02. The van der Waals surface area contributed by atoms with Gasteiger partial charge in [0.1, 0.15) is 5.82 Å². The number of carbonyl (C=O) groups is 1. The van der Waals surface area contributed by atoms with Crippen LogP contribution in [0.3, 0.4) is 0 Å². The smallest absolute Gasteiger partial charge is 0.356 e. The van der Waals surface area contributed by atoms with Gasteiger partial charge in [0.2, 0.25) is 0 Å². The summed E-state index contributed by atoms with van der Waals surface area (Å²) in [5.74, 6) is -1.42. The van der Waals surface area contributed by atoms with Crippen molar-refractivity contribution >= 4 is 5.97 Å². The summed E-state index contributed by atoms with van der Waals surface area (Å²) in [6.07, 6.45) is 0. The molecule has 4 nitrogen and oxygen atoms in total. The maximum atomic E-state index is 12.7. The first kappa shape index (κ1) is 10.4. The number of aryl methyl sites for hydroxylation is 1. The zero-order valence-corrected chi connectivity index (χ0v) is 8.51. The molecule has 0 aliphatic carbocycles. The minimum Gasteiger partial charge on any atom is -0.476 e. The topological polar surface area (TPSA) is 55.1 Å². The molecule has 1 N–H and O–H groups in total. The van der Waals surface area contributed by atoms with Gasteiger partial charge in [-0.15, -0.1) is 0 Å². The van der Waals surface area contributed by atoms with Crippen LogP contribution in [-0.2, 0) is 0 Å². The molecule has 1 aromatic carbocycles. The Balaban J connectivity index is 2.47. The van der Waals surface area contributed by atoms with Gasteiger partial charge in [-0.2, -0.15) is 5.10 Å². The maximum Gasteiger partial charge on any atom is 0.356 e. The Bertz CT molecular complexity index is 531. The predicted octanol–water partition coefficient (Wildman–Crippen LogP) is 2.02. The molecule has 0 spiro atoms. The molecule has 0 amide bonds. The maximum absolute atomic E-state index is 12.7. The van der Waals surface area contributed by atoms with Crippen LogP contribution in [0.25, 0.3) is 5.69 Å². The molecule has 2 aromatic rings. The predicted molar refractivity (Wildman–Crippen MR) is 55.2 cm³/mol. The summed E-state index contributed by atoms with van der Waals surface area (Å²) in [5.41, 5.74) is 1.29. The van der Waals surface area contributed by atoms with Gasteiger partial charge in [0.15, 0.2) is 5.69 Å². The molecule has 2 rings (SSSR count). The Hall–Kier alpha value is -2.17. The van der Waals surface area contributed by atoms with E-state index < -0.39 is 5.97 Å². The van der Waals surface area contributed by atoms with E-state index in [9.17, 15) is 9.18 Å². The Morgan fingerprint density at radius 3 is 2.50 bits per heavy atom. The third-order valence-electron chi connectivity index (χ3n) is 2.18. The summed E-state index contributed by atoms with van der Waals surface area (Å²) in [7, 11) is 0. The average molecular weight is 220 g/mol. The van der Waals surface area contributed by atoms with E-state index >= 15 is 0 Å². The quantitative estimate of drug-likeness (QED) is 0.842. The summed E-state index contributed by atoms with van der Waals surface area (Å²) >= 11 is 0. The van der Waals surface area contributed by atoms with Gasteiger partial charge in [-0.3, -0.25) is 0 Å². The van der Waals surface area contributed by atoms with Gasteiger partial charge in [0, 0.05) is 5.69 Å². The van der Waals surface area contributed by atoms with Crippen LogP contribution < -0.4 is 0 Å². The minimum absolute atomic E-state index is 0.0261. The van der Waals surface area contributed by atoms with Crippen molar-refractivity contribution in [1.29, 1.82) is 0 Å². The SMILES string of the molecule is Cc1cc(C(=O)O)nn1-c1ccc(F)cc1. The molecule has 0 bridgehead atoms. The number of nitrogens with zero attached hydrogens (tertiary/aromatic N) is 2. The lowest BCUT2D eigenvalue weighted by Gasteiger charge is -2.02. The third-order valence-corrected chi connectivity index (χ3v) is 2.18. The van der Waals surface area contributed by atoms with E-state index in [1.54, 1.807) is 19.1 Å². The molecule has 0 saturated heterocycles. The summed E-state index contributed by atoms with van der Waals surface area (Å²) < 4.78 is 14.2. The van der Waals surface area contributed by atoms with Crippen molar-refractivity contribution in [3.05, 3.63) is 47.5 Å². The lowest BCUT2D eigenvalue weighted by atomic mass is 10.3. The van der Waals surface area contributed by atoms with Crippen molar-refractivity contribution in [1.82, 2.24) is 9.78 Å². The average Bonchev–Trinajstić information content (AvgIpc) is 2.62. The van der Waals surface area contributed by atoms with E-state index in [-0.39, 0.29) is 11.5 Å². The number of halogens is 1. The molecule has 5 heteroatoms. The van der Waals surface area contributed by atoms with Gasteiger partial charge < -0.3 is 5.11 Å². The molecule has 0 fully saturated rings. The highest BCUT2D eigenvalue weighted by molar-refractivity contribution is 5.85. The fraction of sp³-hybridized carbons (Fsp3) is 0.0909. The molecule has 0 unspecified atom stereocenters. The second-order valence-corrected chi connectivity index (χ2v) is 3.36. The molecular weight excluding hydrogens is 211 g/mol. The highest BCUT2D eigenvalue weighted by Gasteiger charge is 2.11. The normalized spacial score (nSPS) is 10.4. The van der Waals surface area contributed by atoms with Gasteiger partial charge in [0.25, 0.3) is 0 Å². The summed E-state index contributed by atoms with van der Waals surface area (Å²) in [6, 6.07) is 7.15. The lowest BCUT2D eigenvalue weighted by molar-refractivity contribution is 0.0690. The van der Waals surface area contributed by atoms with E-state index in [0.29, 0.717) is 11.4 Å². The summed E-state index contributed by atoms with van der Waals surface area (Å²) in [6.45, 7) is 1.74. The Morgan fingerprint density at radius 2 is 2.00 bits per heavy atom. The molecule has 82 valence electrons. The van der Waals surface area contributed by atoms with E-state index in [2.05, 4.69) is 5.10 Å². The number of benzene rings is 1. The highest BCUT2D eigenvalue weighted by atomic mass is 19.1. The number of hydrogen-bond donors (Lipinski definition) is 1. The van der Waals surface area contributed by atoms with Gasteiger partial charge in [-0.05, 0) is 37.3 Å². The summed E-state index contributed by atoms with van der Waals surface area (Å²) in [4.78, 5) is 10.7. The molecule has 1 heterocycles. The van der Waals surface area contributed by atoms with E-state index in [1.807, 2.05) is 0 Å². The van der Waals surface area contributed by atoms with Crippen molar-refractivity contribution < 1.29 is 14.3 Å². The van der Waals surface area contributed by atoms with E-state index in [4.69, 9.17) is 5.11 Å². The summed E-state index contributed by atoms with van der Waals surface area (Å²) in [5, 5.41) is 12.7. The van der Waals surface area contributed by atoms with Crippen molar-refractivity contribution in [2.24, 2.45) is 0 Å². The molecule has 0 aliphatic heterocycles. The monoisotopic (exact) mass is 220 g/mol. The second kappa shape index (κ2) is 3.77. The fourth-order valence-electron chi connectivity index (χ4n) is 1.42. The minimum atomic E-state index is -1.08. The van der Waals surface area contributed by atoms with Crippen LogP contribution in [0.4, 0.5) is 4.39 Å². The standard InChI is InChI=1S/C11H9FN2O2/c1-7-6-10(11(15)16)13-14(7)9-4-2-8(12)3-5-9/h2-6H,1H3,(H,15,16). The number of carboxylic acid groups (broad SMARTS) is 1. The van der Waals surface area contributed by atoms with Crippen LogP contribution in [0.5, 0.6) is 0 Å². The van der Waals surface area contributed by atoms with E-state index in [0.717, 1.165) is 0 Å². The van der Waals surface area contributed by atoms with Crippen LogP contribution in [0, 0.1) is 12.7 Å². The largest absolute Gasteiger partial charge is 0.476 e. The van der Waals surface area contributed by atoms with Gasteiger partial charge in [-0.1, -0.05) is 0 Å². The van der Waals surface area contributed by atoms with Crippen LogP contribution >= 0.6 is 0 Å². The Kier molecular flexibility index (Phi) is 2.44. The first-order chi connectivity index (χ1) is 7.58. The fourth-order valence-corrected chi connectivity index (χ4v) is 1.42. The number of hydrogen-bond acceptors (Lipinski definition) is 2. The van der Waals surface area contributed by atoms with Crippen molar-refractivity contribution in [2.45, 2.75) is 6.92 Å². The molecule has 0 radical (unpaired) electrons. The molecular formula is C11H9FN2O2. The van der Waals surface area contributed by atoms with Crippen molar-refractivity contribution in [3.8, 4) is 5.69 Å². The zero-order chi connectivity index (χ0) is 11.7. The Morgan fingerprint density at radius 1 is 1.38 bits per heavy atom. The van der Waals surface area contributed by atoms with Gasteiger partial charge >= 0.3 is 5.97 Å². The second-order valence-electron chi connectivity index (χ2n) is 3.36. The zero-order valence-electron chi connectivity index (χ0n) is 8.51. The van der Waals surface area contributed by atoms with Gasteiger partial charge in [0.05, 0.1) is 5.69 Å². The van der Waals surface area contributed by atoms with Crippen LogP contribution in [0.2, 0.25) is 0 Å². The number of rotatable bonds is 2. The van der Waals surface area contributed by atoms with Crippen molar-refractivity contribution in [3.63, 3.8) is 0 Å². The molecule has 0 aliphatic rings. The van der Waals surface area contributed by atoms with Crippen molar-refractivity contribution in [2.75, 3.05) is 0 Å². The molecule has 0 saturated carbocycles. The molecule has 0 atom stereocenters. The van der Waals surface area contributed by atoms with Gasteiger partial charge in [-0.25, -0.2) is 13.9 Å². The van der Waals surface area contributed by atoms with E-state index in [1.165, 1.54) is 22.9 Å². The third kappa shape index (κ3) is 1.79. The number of aromatic nitrogens is 2. The van der Waals surface area contributed by atoms with Crippen LogP contribution in [0.15, 0.2) is 30.3 Å². The molecule has 1 aromatic heterocycles. The first-order valence-corrected chi connectivity index (χ1v) is 4.64. The number of carboxylic acids is 1.